The Morgan fingerprint density at radius 3 is 2.47 bits per heavy atom. The summed E-state index contributed by atoms with van der Waals surface area (Å²) >= 11 is 0. The number of benzene rings is 1. The second kappa shape index (κ2) is 5.01. The summed E-state index contributed by atoms with van der Waals surface area (Å²) < 4.78 is 5.45. The number of rotatable bonds is 6. The summed E-state index contributed by atoms with van der Waals surface area (Å²) in [5.74, 6) is 0.337. The molecular formula is C15H20O2. The predicted molar refractivity (Wildman–Crippen MR) is 68.1 cm³/mol. The summed E-state index contributed by atoms with van der Waals surface area (Å²) in [5, 5.41) is 0. The summed E-state index contributed by atoms with van der Waals surface area (Å²) in [6.07, 6.45) is 2.73. The number of Topliss-reactive ketones (excluding diaryl/α,β-unsaturated/α-hetero) is 1. The van der Waals surface area contributed by atoms with Crippen molar-refractivity contribution in [2.45, 2.75) is 44.6 Å². The molecule has 0 atom stereocenters. The van der Waals surface area contributed by atoms with Gasteiger partial charge in [-0.05, 0) is 32.3 Å². The van der Waals surface area contributed by atoms with Crippen molar-refractivity contribution < 1.29 is 9.53 Å². The maximum atomic E-state index is 12.2. The van der Waals surface area contributed by atoms with Gasteiger partial charge in [-0.1, -0.05) is 30.3 Å². The maximum absolute atomic E-state index is 12.2. The van der Waals surface area contributed by atoms with E-state index in [1.165, 1.54) is 5.56 Å². The van der Waals surface area contributed by atoms with Crippen molar-refractivity contribution in [3.63, 3.8) is 0 Å². The fraction of sp³-hybridized carbons (Fsp3) is 0.533. The zero-order valence-corrected chi connectivity index (χ0v) is 10.6. The molecule has 0 bridgehead atoms. The highest BCUT2D eigenvalue weighted by Gasteiger charge is 2.49. The Bertz CT molecular complexity index is 377. The Hall–Kier alpha value is -1.15. The summed E-state index contributed by atoms with van der Waals surface area (Å²) in [6.45, 7) is 4.54. The third kappa shape index (κ3) is 2.75. The molecule has 1 aromatic carbocycles. The lowest BCUT2D eigenvalue weighted by Crippen LogP contribution is -2.22. The van der Waals surface area contributed by atoms with Gasteiger partial charge in [-0.2, -0.15) is 0 Å². The van der Waals surface area contributed by atoms with Crippen LogP contribution in [0.2, 0.25) is 0 Å². The predicted octanol–water partition coefficient (Wildman–Crippen LogP) is 3.10. The van der Waals surface area contributed by atoms with Gasteiger partial charge in [0.25, 0.3) is 0 Å². The molecule has 0 saturated heterocycles. The third-order valence-electron chi connectivity index (χ3n) is 3.39. The van der Waals surface area contributed by atoms with Gasteiger partial charge < -0.3 is 4.74 Å². The highest BCUT2D eigenvalue weighted by atomic mass is 16.5. The van der Waals surface area contributed by atoms with Gasteiger partial charge in [0, 0.05) is 6.42 Å². The molecule has 0 spiro atoms. The zero-order valence-electron chi connectivity index (χ0n) is 10.6. The SMILES string of the molecule is CC(C)OCCC(=O)C1(c2ccccc2)CC1. The number of hydrogen-bond acceptors (Lipinski definition) is 2. The molecule has 0 N–H and O–H groups in total. The van der Waals surface area contributed by atoms with Crippen molar-refractivity contribution in [3.8, 4) is 0 Å². The van der Waals surface area contributed by atoms with E-state index in [9.17, 15) is 4.79 Å². The van der Waals surface area contributed by atoms with Crippen LogP contribution in [-0.2, 0) is 14.9 Å². The van der Waals surface area contributed by atoms with Crippen LogP contribution in [0.1, 0.15) is 38.7 Å². The minimum atomic E-state index is -0.179. The van der Waals surface area contributed by atoms with Crippen molar-refractivity contribution in [2.75, 3.05) is 6.61 Å². The molecule has 1 aromatic rings. The van der Waals surface area contributed by atoms with Crippen LogP contribution in [0.25, 0.3) is 0 Å². The third-order valence-corrected chi connectivity index (χ3v) is 3.39. The number of carbonyl (C=O) groups excluding carboxylic acids is 1. The molecule has 92 valence electrons. The number of ketones is 1. The second-order valence-corrected chi connectivity index (χ2v) is 5.04. The molecule has 1 aliphatic rings. The Labute approximate surface area is 103 Å². The van der Waals surface area contributed by atoms with E-state index < -0.39 is 0 Å². The standard InChI is InChI=1S/C15H20O2/c1-12(2)17-11-8-14(16)15(9-10-15)13-6-4-3-5-7-13/h3-7,12H,8-11H2,1-2H3. The van der Waals surface area contributed by atoms with Gasteiger partial charge in [0.05, 0.1) is 18.1 Å². The monoisotopic (exact) mass is 232 g/mol. The topological polar surface area (TPSA) is 26.3 Å². The van der Waals surface area contributed by atoms with E-state index >= 15 is 0 Å². The lowest BCUT2D eigenvalue weighted by Gasteiger charge is -2.15. The minimum absolute atomic E-state index is 0.179. The summed E-state index contributed by atoms with van der Waals surface area (Å²) in [7, 11) is 0. The number of carbonyl (C=O) groups is 1. The van der Waals surface area contributed by atoms with Crippen LogP contribution in [0.5, 0.6) is 0 Å². The molecule has 1 aliphatic carbocycles. The smallest absolute Gasteiger partial charge is 0.145 e. The molecule has 2 heteroatoms. The molecule has 2 rings (SSSR count). The van der Waals surface area contributed by atoms with E-state index in [1.54, 1.807) is 0 Å². The van der Waals surface area contributed by atoms with Crippen LogP contribution in [-0.4, -0.2) is 18.5 Å². The zero-order chi connectivity index (χ0) is 12.3. The largest absolute Gasteiger partial charge is 0.378 e. The molecular weight excluding hydrogens is 212 g/mol. The molecule has 0 radical (unpaired) electrons. The Kier molecular flexibility index (Phi) is 3.63. The molecule has 0 heterocycles. The lowest BCUT2D eigenvalue weighted by atomic mass is 9.90. The molecule has 1 saturated carbocycles. The first-order valence-electron chi connectivity index (χ1n) is 6.35. The molecule has 17 heavy (non-hydrogen) atoms. The van der Waals surface area contributed by atoms with E-state index in [2.05, 4.69) is 12.1 Å². The van der Waals surface area contributed by atoms with Crippen LogP contribution < -0.4 is 0 Å². The van der Waals surface area contributed by atoms with Gasteiger partial charge in [0.15, 0.2) is 0 Å². The fourth-order valence-corrected chi connectivity index (χ4v) is 2.24. The molecule has 0 amide bonds. The first-order chi connectivity index (χ1) is 8.15. The van der Waals surface area contributed by atoms with Crippen molar-refractivity contribution in [2.24, 2.45) is 0 Å². The van der Waals surface area contributed by atoms with Gasteiger partial charge in [-0.3, -0.25) is 4.79 Å². The fourth-order valence-electron chi connectivity index (χ4n) is 2.24. The average Bonchev–Trinajstić information content (AvgIpc) is 3.11. The first kappa shape index (κ1) is 12.3. The Balaban J connectivity index is 1.95. The summed E-state index contributed by atoms with van der Waals surface area (Å²) in [5.41, 5.74) is 0.997. The van der Waals surface area contributed by atoms with Crippen molar-refractivity contribution in [3.05, 3.63) is 35.9 Å². The van der Waals surface area contributed by atoms with E-state index in [-0.39, 0.29) is 11.5 Å². The summed E-state index contributed by atoms with van der Waals surface area (Å²) in [4.78, 5) is 12.2. The van der Waals surface area contributed by atoms with Gasteiger partial charge in [-0.25, -0.2) is 0 Å². The van der Waals surface area contributed by atoms with Crippen molar-refractivity contribution in [1.82, 2.24) is 0 Å². The van der Waals surface area contributed by atoms with Crippen molar-refractivity contribution >= 4 is 5.78 Å². The first-order valence-corrected chi connectivity index (χ1v) is 6.35. The average molecular weight is 232 g/mol. The van der Waals surface area contributed by atoms with Crippen molar-refractivity contribution in [1.29, 1.82) is 0 Å². The highest BCUT2D eigenvalue weighted by Crippen LogP contribution is 2.49. The van der Waals surface area contributed by atoms with Gasteiger partial charge >= 0.3 is 0 Å². The van der Waals surface area contributed by atoms with Crippen LogP contribution in [0.4, 0.5) is 0 Å². The Morgan fingerprint density at radius 1 is 1.29 bits per heavy atom. The second-order valence-electron chi connectivity index (χ2n) is 5.04. The molecule has 1 fully saturated rings. The molecule has 0 unspecified atom stereocenters. The van der Waals surface area contributed by atoms with E-state index in [4.69, 9.17) is 4.74 Å². The minimum Gasteiger partial charge on any atom is -0.378 e. The van der Waals surface area contributed by atoms with Crippen LogP contribution in [0.3, 0.4) is 0 Å². The quantitative estimate of drug-likeness (QED) is 0.753. The maximum Gasteiger partial charge on any atom is 0.145 e. The number of ether oxygens (including phenoxy) is 1. The van der Waals surface area contributed by atoms with E-state index in [0.717, 1.165) is 12.8 Å². The molecule has 0 aromatic heterocycles. The molecule has 0 aliphatic heterocycles. The van der Waals surface area contributed by atoms with Crippen LogP contribution in [0.15, 0.2) is 30.3 Å². The normalized spacial score (nSPS) is 17.1. The highest BCUT2D eigenvalue weighted by molar-refractivity contribution is 5.93. The van der Waals surface area contributed by atoms with E-state index in [1.807, 2.05) is 32.0 Å². The van der Waals surface area contributed by atoms with Crippen LogP contribution >= 0.6 is 0 Å². The summed E-state index contributed by atoms with van der Waals surface area (Å²) in [6, 6.07) is 10.1. The Morgan fingerprint density at radius 2 is 1.94 bits per heavy atom. The molecule has 2 nitrogen and oxygen atoms in total. The van der Waals surface area contributed by atoms with Crippen LogP contribution in [0, 0.1) is 0 Å². The van der Waals surface area contributed by atoms with Gasteiger partial charge in [0.2, 0.25) is 0 Å². The van der Waals surface area contributed by atoms with Gasteiger partial charge in [0.1, 0.15) is 5.78 Å². The lowest BCUT2D eigenvalue weighted by molar-refractivity contribution is -0.122. The number of hydrogen-bond donors (Lipinski definition) is 0. The van der Waals surface area contributed by atoms with E-state index in [0.29, 0.717) is 18.8 Å². The van der Waals surface area contributed by atoms with Gasteiger partial charge in [-0.15, -0.1) is 0 Å².